The number of hydrogen-bond acceptors (Lipinski definition) is 5. The molecule has 4 aromatic rings. The van der Waals surface area contributed by atoms with Crippen molar-refractivity contribution >= 4 is 50.6 Å². The van der Waals surface area contributed by atoms with Crippen molar-refractivity contribution in [1.29, 1.82) is 0 Å². The third-order valence-electron chi connectivity index (χ3n) is 6.45. The lowest BCUT2D eigenvalue weighted by atomic mass is 10.0. The van der Waals surface area contributed by atoms with Gasteiger partial charge in [0.1, 0.15) is 9.71 Å². The molecular formula is C26H21F2N5O2S. The predicted octanol–water partition coefficient (Wildman–Crippen LogP) is 5.41. The summed E-state index contributed by atoms with van der Waals surface area (Å²) in [5.74, 6) is -2.14. The molecule has 2 aliphatic rings. The molecule has 2 aliphatic heterocycles. The van der Waals surface area contributed by atoms with Crippen molar-refractivity contribution in [2.45, 2.75) is 18.9 Å². The number of carbonyl (C=O) groups excluding carboxylic acids is 2. The van der Waals surface area contributed by atoms with E-state index in [2.05, 4.69) is 20.9 Å². The number of piperidine rings is 1. The lowest BCUT2D eigenvalue weighted by Crippen LogP contribution is -2.45. The summed E-state index contributed by atoms with van der Waals surface area (Å²) in [5.41, 5.74) is 2.00. The first kappa shape index (κ1) is 22.6. The Kier molecular flexibility index (Phi) is 5.62. The maximum atomic E-state index is 14.4. The highest BCUT2D eigenvalue weighted by atomic mass is 32.1. The molecule has 3 N–H and O–H groups in total. The number of urea groups is 1. The monoisotopic (exact) mass is 505 g/mol. The second kappa shape index (κ2) is 8.96. The van der Waals surface area contributed by atoms with Gasteiger partial charge in [0, 0.05) is 24.3 Å². The number of thiophene rings is 1. The van der Waals surface area contributed by atoms with Gasteiger partial charge in [0.15, 0.2) is 11.6 Å². The van der Waals surface area contributed by atoms with Crippen molar-refractivity contribution in [2.75, 3.05) is 23.3 Å². The Morgan fingerprint density at radius 1 is 1.17 bits per heavy atom. The quantitative estimate of drug-likeness (QED) is 0.346. The third-order valence-corrected chi connectivity index (χ3v) is 7.55. The first-order valence-corrected chi connectivity index (χ1v) is 12.4. The minimum absolute atomic E-state index is 0.0258. The van der Waals surface area contributed by atoms with E-state index in [0.29, 0.717) is 44.3 Å². The lowest BCUT2D eigenvalue weighted by molar-refractivity contribution is 0.0935. The number of pyridine rings is 1. The van der Waals surface area contributed by atoms with Gasteiger partial charge in [-0.25, -0.2) is 18.6 Å². The van der Waals surface area contributed by atoms with Gasteiger partial charge in [-0.15, -0.1) is 11.3 Å². The molecule has 0 radical (unpaired) electrons. The van der Waals surface area contributed by atoms with Gasteiger partial charge in [-0.3, -0.25) is 9.69 Å². The number of rotatable bonds is 4. The number of carbonyl (C=O) groups is 2. The molecule has 0 saturated carbocycles. The average molecular weight is 506 g/mol. The molecule has 3 amide bonds. The molecule has 0 bridgehead atoms. The second-order valence-electron chi connectivity index (χ2n) is 8.75. The number of benzene rings is 2. The lowest BCUT2D eigenvalue weighted by Gasteiger charge is -2.29. The van der Waals surface area contributed by atoms with Gasteiger partial charge in [0.05, 0.1) is 22.4 Å². The van der Waals surface area contributed by atoms with Crippen LogP contribution in [-0.2, 0) is 0 Å². The van der Waals surface area contributed by atoms with Crippen LogP contribution >= 0.6 is 11.3 Å². The van der Waals surface area contributed by atoms with Crippen molar-refractivity contribution in [1.82, 2.24) is 15.6 Å². The molecule has 6 rings (SSSR count). The standard InChI is InChI=1S/C26H21F2N5O2S/c27-18-8-2-7-17(21(18)28)14-4-1-6-16(12-14)33-19-9-11-30-25-20(19)22(32-26(33)35)23(36-25)24(34)31-15-5-3-10-29-13-15/h1-2,4,6-9,11-12,15,29H,3,5,10,13H2,(H,31,34)(H,32,35)/t15-/m1/s1. The van der Waals surface area contributed by atoms with Crippen molar-refractivity contribution in [3.63, 3.8) is 0 Å². The van der Waals surface area contributed by atoms with E-state index in [1.165, 1.54) is 28.4 Å². The van der Waals surface area contributed by atoms with Gasteiger partial charge in [-0.1, -0.05) is 24.3 Å². The zero-order valence-corrected chi connectivity index (χ0v) is 19.8. The minimum Gasteiger partial charge on any atom is -0.347 e. The maximum Gasteiger partial charge on any atom is 0.331 e. The molecule has 1 fully saturated rings. The van der Waals surface area contributed by atoms with Crippen molar-refractivity contribution in [2.24, 2.45) is 0 Å². The van der Waals surface area contributed by atoms with Crippen LogP contribution in [0.4, 0.5) is 30.6 Å². The van der Waals surface area contributed by atoms with Crippen LogP contribution < -0.4 is 20.9 Å². The van der Waals surface area contributed by atoms with E-state index < -0.39 is 17.7 Å². The van der Waals surface area contributed by atoms with E-state index in [1.807, 2.05) is 0 Å². The summed E-state index contributed by atoms with van der Waals surface area (Å²) in [5, 5.41) is 9.86. The fourth-order valence-corrected chi connectivity index (χ4v) is 5.79. The molecule has 1 atom stereocenters. The Labute approximate surface area is 209 Å². The Morgan fingerprint density at radius 3 is 2.86 bits per heavy atom. The largest absolute Gasteiger partial charge is 0.347 e. The first-order valence-electron chi connectivity index (χ1n) is 11.6. The molecular weight excluding hydrogens is 484 g/mol. The van der Waals surface area contributed by atoms with Gasteiger partial charge in [0.2, 0.25) is 0 Å². The van der Waals surface area contributed by atoms with Crippen molar-refractivity contribution in [3.05, 3.63) is 71.2 Å². The summed E-state index contributed by atoms with van der Waals surface area (Å²) in [4.78, 5) is 33.4. The summed E-state index contributed by atoms with van der Waals surface area (Å²) >= 11 is 1.23. The number of amides is 3. The Bertz CT molecular complexity index is 1520. The molecule has 2 aromatic carbocycles. The highest BCUT2D eigenvalue weighted by Crippen LogP contribution is 2.46. The molecule has 0 spiro atoms. The van der Waals surface area contributed by atoms with Gasteiger partial charge in [-0.05, 0) is 49.2 Å². The summed E-state index contributed by atoms with van der Waals surface area (Å²) in [6.07, 6.45) is 3.47. The average Bonchev–Trinajstić information content (AvgIpc) is 3.26. The van der Waals surface area contributed by atoms with E-state index in [-0.39, 0.29) is 17.5 Å². The Morgan fingerprint density at radius 2 is 2.03 bits per heavy atom. The fraction of sp³-hybridized carbons (Fsp3) is 0.192. The highest BCUT2D eigenvalue weighted by molar-refractivity contribution is 7.21. The van der Waals surface area contributed by atoms with Crippen LogP contribution in [0.5, 0.6) is 0 Å². The van der Waals surface area contributed by atoms with E-state index in [9.17, 15) is 18.4 Å². The topological polar surface area (TPSA) is 86.4 Å². The van der Waals surface area contributed by atoms with Crippen molar-refractivity contribution in [3.8, 4) is 11.1 Å². The van der Waals surface area contributed by atoms with Gasteiger partial charge >= 0.3 is 6.03 Å². The SMILES string of the molecule is O=C(N[C@@H]1CCCNC1)c1sc2nccc3c2c1NC(=O)N3c1cccc(-c2cccc(F)c2F)c1. The Hall–Kier alpha value is -3.89. The zero-order chi connectivity index (χ0) is 24.8. The fourth-order valence-electron chi connectivity index (χ4n) is 4.77. The molecule has 1 saturated heterocycles. The summed E-state index contributed by atoms with van der Waals surface area (Å²) in [6, 6.07) is 11.9. The molecule has 0 aliphatic carbocycles. The highest BCUT2D eigenvalue weighted by Gasteiger charge is 2.33. The Balaban J connectivity index is 1.40. The number of aromatic nitrogens is 1. The number of anilines is 3. The van der Waals surface area contributed by atoms with Gasteiger partial charge in [0.25, 0.3) is 5.91 Å². The van der Waals surface area contributed by atoms with Gasteiger partial charge < -0.3 is 16.0 Å². The summed E-state index contributed by atoms with van der Waals surface area (Å²) in [7, 11) is 0. The van der Waals surface area contributed by atoms with Crippen LogP contribution in [0.15, 0.2) is 54.7 Å². The van der Waals surface area contributed by atoms with Crippen molar-refractivity contribution < 1.29 is 18.4 Å². The first-order chi connectivity index (χ1) is 17.5. The minimum atomic E-state index is -0.951. The maximum absolute atomic E-state index is 14.4. The van der Waals surface area contributed by atoms with Crippen LogP contribution in [0, 0.1) is 11.6 Å². The van der Waals surface area contributed by atoms with E-state index in [4.69, 9.17) is 0 Å². The number of hydrogen-bond donors (Lipinski definition) is 3. The van der Waals surface area contributed by atoms with Gasteiger partial charge in [-0.2, -0.15) is 0 Å². The van der Waals surface area contributed by atoms with E-state index in [1.54, 1.807) is 36.5 Å². The van der Waals surface area contributed by atoms with Crippen LogP contribution in [-0.4, -0.2) is 36.1 Å². The molecule has 0 unspecified atom stereocenters. The van der Waals surface area contributed by atoms with Crippen LogP contribution in [0.3, 0.4) is 0 Å². The van der Waals surface area contributed by atoms with E-state index in [0.717, 1.165) is 25.5 Å². The molecule has 4 heterocycles. The summed E-state index contributed by atoms with van der Waals surface area (Å²) < 4.78 is 28.3. The zero-order valence-electron chi connectivity index (χ0n) is 19.0. The number of nitrogens with one attached hydrogen (secondary N) is 3. The summed E-state index contributed by atoms with van der Waals surface area (Å²) in [6.45, 7) is 1.64. The van der Waals surface area contributed by atoms with Crippen LogP contribution in [0.1, 0.15) is 22.5 Å². The molecule has 7 nitrogen and oxygen atoms in total. The molecule has 182 valence electrons. The smallest absolute Gasteiger partial charge is 0.331 e. The number of nitrogens with zero attached hydrogens (tertiary/aromatic N) is 2. The third kappa shape index (κ3) is 3.78. The number of halogens is 2. The van der Waals surface area contributed by atoms with Crippen LogP contribution in [0.25, 0.3) is 21.3 Å². The van der Waals surface area contributed by atoms with Crippen LogP contribution in [0.2, 0.25) is 0 Å². The molecule has 2 aromatic heterocycles. The second-order valence-corrected chi connectivity index (χ2v) is 9.75. The van der Waals surface area contributed by atoms with E-state index >= 15 is 0 Å². The predicted molar refractivity (Wildman–Crippen MR) is 136 cm³/mol. The normalized spacial score (nSPS) is 17.2. The molecule has 36 heavy (non-hydrogen) atoms. The molecule has 10 heteroatoms.